The Hall–Kier alpha value is -4.34. The average molecular weight is 595 g/mol. The number of carbonyl (C=O) groups is 2. The summed E-state index contributed by atoms with van der Waals surface area (Å²) < 4.78 is 10.0. The van der Waals surface area contributed by atoms with Crippen LogP contribution in [0.5, 0.6) is 5.75 Å². The van der Waals surface area contributed by atoms with Gasteiger partial charge in [-0.1, -0.05) is 18.2 Å². The maximum Gasteiger partial charge on any atom is 0.270 e. The topological polar surface area (TPSA) is 66.2 Å². The van der Waals surface area contributed by atoms with E-state index in [-0.39, 0.29) is 11.8 Å². The SMILES string of the molecule is COc1cc(C(=O)N2Cc3ccc(C(=O)N4CCN(CCN(C)C)CC4)n3Cc3ccccc32)ccc1-n1c(C)ccc1C. The number of piperazine rings is 1. The fourth-order valence-electron chi connectivity index (χ4n) is 6.41. The molecule has 0 aliphatic carbocycles. The van der Waals surface area contributed by atoms with Crippen molar-refractivity contribution < 1.29 is 14.3 Å². The number of likely N-dealkylation sites (N-methyl/N-ethyl adjacent to an activating group) is 1. The van der Waals surface area contributed by atoms with Crippen LogP contribution in [-0.4, -0.2) is 96.1 Å². The molecule has 0 atom stereocenters. The zero-order valence-corrected chi connectivity index (χ0v) is 26.4. The molecule has 2 amide bonds. The molecule has 2 aliphatic rings. The maximum absolute atomic E-state index is 14.2. The molecule has 4 aromatic rings. The lowest BCUT2D eigenvalue weighted by Crippen LogP contribution is -2.50. The minimum absolute atomic E-state index is 0.0525. The molecule has 2 aliphatic heterocycles. The highest BCUT2D eigenvalue weighted by atomic mass is 16.5. The lowest BCUT2D eigenvalue weighted by molar-refractivity contribution is 0.0619. The highest BCUT2D eigenvalue weighted by Gasteiger charge is 2.30. The summed E-state index contributed by atoms with van der Waals surface area (Å²) in [4.78, 5) is 36.4. The molecule has 0 radical (unpaired) electrons. The fraction of sp³-hybridized carbons (Fsp3) is 0.371. The van der Waals surface area contributed by atoms with E-state index < -0.39 is 0 Å². The van der Waals surface area contributed by atoms with E-state index in [1.165, 1.54) is 0 Å². The van der Waals surface area contributed by atoms with Gasteiger partial charge >= 0.3 is 0 Å². The number of methoxy groups -OCH3 is 1. The van der Waals surface area contributed by atoms with Gasteiger partial charge in [0.25, 0.3) is 11.8 Å². The second kappa shape index (κ2) is 12.3. The van der Waals surface area contributed by atoms with Crippen molar-refractivity contribution in [3.63, 3.8) is 0 Å². The summed E-state index contributed by atoms with van der Waals surface area (Å²) in [6, 6.07) is 21.7. The number of amides is 2. The van der Waals surface area contributed by atoms with E-state index in [4.69, 9.17) is 4.74 Å². The number of hydrogen-bond acceptors (Lipinski definition) is 5. The Morgan fingerprint density at radius 3 is 2.25 bits per heavy atom. The molecule has 0 bridgehead atoms. The van der Waals surface area contributed by atoms with Gasteiger partial charge in [0.2, 0.25) is 0 Å². The van der Waals surface area contributed by atoms with Gasteiger partial charge in [-0.25, -0.2) is 0 Å². The monoisotopic (exact) mass is 594 g/mol. The van der Waals surface area contributed by atoms with Crippen LogP contribution in [0.1, 0.15) is 43.5 Å². The van der Waals surface area contributed by atoms with Crippen LogP contribution in [0.3, 0.4) is 0 Å². The smallest absolute Gasteiger partial charge is 0.270 e. The molecule has 6 rings (SSSR count). The van der Waals surface area contributed by atoms with Gasteiger partial charge in [0, 0.05) is 67.6 Å². The predicted molar refractivity (Wildman–Crippen MR) is 173 cm³/mol. The normalized spacial score (nSPS) is 15.2. The molecule has 44 heavy (non-hydrogen) atoms. The number of aromatic nitrogens is 2. The van der Waals surface area contributed by atoms with E-state index in [2.05, 4.69) is 59.0 Å². The van der Waals surface area contributed by atoms with Gasteiger partial charge < -0.3 is 28.6 Å². The first kappa shape index (κ1) is 29.7. The van der Waals surface area contributed by atoms with Crippen molar-refractivity contribution >= 4 is 17.5 Å². The van der Waals surface area contributed by atoms with Crippen molar-refractivity contribution in [2.45, 2.75) is 26.9 Å². The first-order valence-corrected chi connectivity index (χ1v) is 15.3. The molecular formula is C35H42N6O3. The van der Waals surface area contributed by atoms with Crippen molar-refractivity contribution in [2.75, 3.05) is 65.4 Å². The predicted octanol–water partition coefficient (Wildman–Crippen LogP) is 4.43. The first-order chi connectivity index (χ1) is 21.2. The molecule has 9 nitrogen and oxygen atoms in total. The van der Waals surface area contributed by atoms with Gasteiger partial charge in [-0.05, 0) is 82.0 Å². The molecule has 2 aromatic carbocycles. The second-order valence-corrected chi connectivity index (χ2v) is 12.1. The van der Waals surface area contributed by atoms with Crippen molar-refractivity contribution in [3.8, 4) is 11.4 Å². The minimum Gasteiger partial charge on any atom is -0.495 e. The van der Waals surface area contributed by atoms with E-state index in [9.17, 15) is 9.59 Å². The molecule has 0 saturated carbocycles. The molecule has 0 spiro atoms. The zero-order chi connectivity index (χ0) is 31.0. The second-order valence-electron chi connectivity index (χ2n) is 12.1. The quantitative estimate of drug-likeness (QED) is 0.317. The van der Waals surface area contributed by atoms with E-state index in [0.29, 0.717) is 43.2 Å². The molecule has 0 unspecified atom stereocenters. The average Bonchev–Trinajstić information content (AvgIpc) is 3.54. The van der Waals surface area contributed by atoms with E-state index >= 15 is 0 Å². The van der Waals surface area contributed by atoms with Crippen LogP contribution in [0.15, 0.2) is 66.7 Å². The number of benzene rings is 2. The van der Waals surface area contributed by atoms with Crippen molar-refractivity contribution in [1.29, 1.82) is 0 Å². The summed E-state index contributed by atoms with van der Waals surface area (Å²) in [7, 11) is 5.81. The Morgan fingerprint density at radius 2 is 1.55 bits per heavy atom. The number of hydrogen-bond donors (Lipinski definition) is 0. The Balaban J connectivity index is 1.27. The number of para-hydroxylation sites is 1. The fourth-order valence-corrected chi connectivity index (χ4v) is 6.41. The van der Waals surface area contributed by atoms with Crippen molar-refractivity contribution in [2.24, 2.45) is 0 Å². The van der Waals surface area contributed by atoms with E-state index in [0.717, 1.165) is 60.2 Å². The molecular weight excluding hydrogens is 552 g/mol. The molecule has 4 heterocycles. The lowest BCUT2D eigenvalue weighted by atomic mass is 10.1. The van der Waals surface area contributed by atoms with Crippen LogP contribution in [0.4, 0.5) is 5.69 Å². The third-order valence-electron chi connectivity index (χ3n) is 8.93. The summed E-state index contributed by atoms with van der Waals surface area (Å²) in [5.41, 5.74) is 7.10. The van der Waals surface area contributed by atoms with Crippen LogP contribution < -0.4 is 9.64 Å². The highest BCUT2D eigenvalue weighted by Crippen LogP contribution is 2.33. The van der Waals surface area contributed by atoms with Crippen LogP contribution in [0, 0.1) is 13.8 Å². The molecule has 1 saturated heterocycles. The van der Waals surface area contributed by atoms with E-state index in [1.54, 1.807) is 7.11 Å². The summed E-state index contributed by atoms with van der Waals surface area (Å²) in [5.74, 6) is 0.579. The van der Waals surface area contributed by atoms with Gasteiger partial charge in [-0.15, -0.1) is 0 Å². The number of ether oxygens (including phenoxy) is 1. The zero-order valence-electron chi connectivity index (χ0n) is 26.4. The van der Waals surface area contributed by atoms with E-state index in [1.807, 2.05) is 64.4 Å². The lowest BCUT2D eigenvalue weighted by Gasteiger charge is -2.35. The third kappa shape index (κ3) is 5.65. The minimum atomic E-state index is -0.111. The Bertz CT molecular complexity index is 1660. The van der Waals surface area contributed by atoms with Crippen LogP contribution >= 0.6 is 0 Å². The molecule has 2 aromatic heterocycles. The number of aryl methyl sites for hydroxylation is 2. The number of fused-ring (bicyclic) bond motifs is 2. The van der Waals surface area contributed by atoms with Gasteiger partial charge in [-0.2, -0.15) is 0 Å². The number of carbonyl (C=O) groups excluding carboxylic acids is 2. The number of anilines is 1. The number of rotatable bonds is 7. The van der Waals surface area contributed by atoms with Crippen molar-refractivity contribution in [3.05, 3.63) is 101 Å². The van der Waals surface area contributed by atoms with Crippen LogP contribution in [0.25, 0.3) is 5.69 Å². The molecule has 230 valence electrons. The maximum atomic E-state index is 14.2. The van der Waals surface area contributed by atoms with Crippen LogP contribution in [-0.2, 0) is 13.1 Å². The van der Waals surface area contributed by atoms with Gasteiger partial charge in [0.15, 0.2) is 0 Å². The highest BCUT2D eigenvalue weighted by molar-refractivity contribution is 6.07. The first-order valence-electron chi connectivity index (χ1n) is 15.3. The van der Waals surface area contributed by atoms with Crippen molar-refractivity contribution in [1.82, 2.24) is 23.8 Å². The molecule has 1 fully saturated rings. The Kier molecular flexibility index (Phi) is 8.33. The summed E-state index contributed by atoms with van der Waals surface area (Å²) >= 11 is 0. The largest absolute Gasteiger partial charge is 0.495 e. The summed E-state index contributed by atoms with van der Waals surface area (Å²) in [5, 5.41) is 0. The Labute approximate surface area is 259 Å². The number of nitrogens with zero attached hydrogens (tertiary/aromatic N) is 6. The standard InChI is InChI=1S/C35H42N6O3/c1-25-10-11-26(2)41(25)31-14-12-27(22-33(31)44-5)34(42)40-24-29-13-15-32(39(29)23-28-8-6-7-9-30(28)40)35(43)38-20-18-37(19-21-38)17-16-36(3)4/h6-15,22H,16-21,23-24H2,1-5H3. The van der Waals surface area contributed by atoms with Gasteiger partial charge in [-0.3, -0.25) is 14.5 Å². The molecule has 0 N–H and O–H groups in total. The summed E-state index contributed by atoms with van der Waals surface area (Å²) in [6.45, 7) is 10.2. The summed E-state index contributed by atoms with van der Waals surface area (Å²) in [6.07, 6.45) is 0. The van der Waals surface area contributed by atoms with Gasteiger partial charge in [0.05, 0.1) is 25.9 Å². The van der Waals surface area contributed by atoms with Crippen LogP contribution in [0.2, 0.25) is 0 Å². The molecule has 9 heteroatoms. The Morgan fingerprint density at radius 1 is 0.818 bits per heavy atom. The van der Waals surface area contributed by atoms with Gasteiger partial charge in [0.1, 0.15) is 11.4 Å². The third-order valence-corrected chi connectivity index (χ3v) is 8.93.